The van der Waals surface area contributed by atoms with E-state index in [0.29, 0.717) is 10.7 Å². The Morgan fingerprint density at radius 3 is 2.67 bits per heavy atom. The summed E-state index contributed by atoms with van der Waals surface area (Å²) in [5.41, 5.74) is 0.171. The zero-order valence-corrected chi connectivity index (χ0v) is 12.6. The molecule has 0 aliphatic rings. The fourth-order valence-corrected chi connectivity index (χ4v) is 2.21. The number of rotatable bonds is 3. The SMILES string of the molecule is CCSc1ccc(Cl)cc1NC(=O)OC(C)(C)C. The highest BCUT2D eigenvalue weighted by atomic mass is 35.5. The van der Waals surface area contributed by atoms with Crippen molar-refractivity contribution in [2.24, 2.45) is 0 Å². The van der Waals surface area contributed by atoms with Gasteiger partial charge in [0.25, 0.3) is 0 Å². The number of hydrogen-bond acceptors (Lipinski definition) is 3. The van der Waals surface area contributed by atoms with Crippen molar-refractivity contribution in [2.45, 2.75) is 38.2 Å². The summed E-state index contributed by atoms with van der Waals surface area (Å²) in [6, 6.07) is 5.42. The van der Waals surface area contributed by atoms with E-state index in [2.05, 4.69) is 12.2 Å². The number of nitrogens with one attached hydrogen (secondary N) is 1. The minimum Gasteiger partial charge on any atom is -0.444 e. The largest absolute Gasteiger partial charge is 0.444 e. The van der Waals surface area contributed by atoms with Crippen LogP contribution in [-0.2, 0) is 4.74 Å². The molecule has 0 aromatic heterocycles. The predicted octanol–water partition coefficient (Wildman–Crippen LogP) is 4.80. The Morgan fingerprint density at radius 1 is 1.44 bits per heavy atom. The topological polar surface area (TPSA) is 38.3 Å². The number of thioether (sulfide) groups is 1. The van der Waals surface area contributed by atoms with Crippen molar-refractivity contribution in [2.75, 3.05) is 11.1 Å². The molecule has 0 aliphatic carbocycles. The fraction of sp³-hybridized carbons (Fsp3) is 0.462. The highest BCUT2D eigenvalue weighted by Crippen LogP contribution is 2.30. The summed E-state index contributed by atoms with van der Waals surface area (Å²) in [6.45, 7) is 7.53. The molecule has 100 valence electrons. The molecule has 0 fully saturated rings. The molecule has 18 heavy (non-hydrogen) atoms. The van der Waals surface area contributed by atoms with Gasteiger partial charge in [0, 0.05) is 9.92 Å². The number of ether oxygens (including phenoxy) is 1. The molecule has 3 nitrogen and oxygen atoms in total. The summed E-state index contributed by atoms with van der Waals surface area (Å²) in [5.74, 6) is 0.921. The third kappa shape index (κ3) is 5.19. The molecule has 0 radical (unpaired) electrons. The van der Waals surface area contributed by atoms with Crippen LogP contribution >= 0.6 is 23.4 Å². The molecule has 0 saturated heterocycles. The Kier molecular flexibility index (Phi) is 5.35. The minimum atomic E-state index is -0.513. The van der Waals surface area contributed by atoms with Gasteiger partial charge in [-0.15, -0.1) is 11.8 Å². The van der Waals surface area contributed by atoms with Crippen molar-refractivity contribution in [3.8, 4) is 0 Å². The van der Waals surface area contributed by atoms with Crippen LogP contribution in [0.25, 0.3) is 0 Å². The number of hydrogen-bond donors (Lipinski definition) is 1. The first-order valence-corrected chi connectivity index (χ1v) is 7.10. The maximum atomic E-state index is 11.7. The van der Waals surface area contributed by atoms with Crippen molar-refractivity contribution in [3.63, 3.8) is 0 Å². The number of amides is 1. The van der Waals surface area contributed by atoms with Crippen LogP contribution in [0, 0.1) is 0 Å². The molecule has 0 aliphatic heterocycles. The van der Waals surface area contributed by atoms with Crippen molar-refractivity contribution >= 4 is 35.1 Å². The van der Waals surface area contributed by atoms with Gasteiger partial charge in [0.2, 0.25) is 0 Å². The van der Waals surface area contributed by atoms with Crippen molar-refractivity contribution in [1.82, 2.24) is 0 Å². The van der Waals surface area contributed by atoms with Crippen LogP contribution in [0.2, 0.25) is 5.02 Å². The van der Waals surface area contributed by atoms with Gasteiger partial charge < -0.3 is 4.74 Å². The average Bonchev–Trinajstić information content (AvgIpc) is 2.19. The smallest absolute Gasteiger partial charge is 0.412 e. The molecule has 0 spiro atoms. The first-order chi connectivity index (χ1) is 8.31. The molecule has 1 aromatic rings. The number of anilines is 1. The van der Waals surface area contributed by atoms with E-state index in [1.807, 2.05) is 26.8 Å². The van der Waals surface area contributed by atoms with E-state index < -0.39 is 11.7 Å². The van der Waals surface area contributed by atoms with E-state index in [9.17, 15) is 4.79 Å². The van der Waals surface area contributed by atoms with Gasteiger partial charge in [-0.05, 0) is 44.7 Å². The third-order valence-corrected chi connectivity index (χ3v) is 3.07. The molecule has 0 bridgehead atoms. The number of halogens is 1. The molecule has 0 heterocycles. The maximum Gasteiger partial charge on any atom is 0.412 e. The Hall–Kier alpha value is -0.870. The molecule has 1 N–H and O–H groups in total. The Morgan fingerprint density at radius 2 is 2.11 bits per heavy atom. The molecule has 0 atom stereocenters. The molecule has 1 amide bonds. The third-order valence-electron chi connectivity index (χ3n) is 1.88. The fourth-order valence-electron chi connectivity index (χ4n) is 1.29. The monoisotopic (exact) mass is 287 g/mol. The number of carbonyl (C=O) groups excluding carboxylic acids is 1. The lowest BCUT2D eigenvalue weighted by Crippen LogP contribution is -2.27. The highest BCUT2D eigenvalue weighted by molar-refractivity contribution is 7.99. The van der Waals surface area contributed by atoms with E-state index in [1.165, 1.54) is 0 Å². The number of benzene rings is 1. The van der Waals surface area contributed by atoms with E-state index >= 15 is 0 Å². The summed E-state index contributed by atoms with van der Waals surface area (Å²) in [6.07, 6.45) is -0.470. The molecular weight excluding hydrogens is 270 g/mol. The zero-order valence-electron chi connectivity index (χ0n) is 11.0. The molecule has 0 unspecified atom stereocenters. The quantitative estimate of drug-likeness (QED) is 0.812. The highest BCUT2D eigenvalue weighted by Gasteiger charge is 2.17. The zero-order chi connectivity index (χ0) is 13.8. The predicted molar refractivity (Wildman–Crippen MR) is 77.7 cm³/mol. The molecule has 0 saturated carbocycles. The molecule has 1 rings (SSSR count). The van der Waals surface area contributed by atoms with Crippen LogP contribution in [0.3, 0.4) is 0 Å². The standard InChI is InChI=1S/C13H18ClNO2S/c1-5-18-11-7-6-9(14)8-10(11)15-12(16)17-13(2,3)4/h6-8H,5H2,1-4H3,(H,15,16). The Bertz CT molecular complexity index is 429. The van der Waals surface area contributed by atoms with Crippen LogP contribution in [0.4, 0.5) is 10.5 Å². The van der Waals surface area contributed by atoms with Crippen LogP contribution in [0.1, 0.15) is 27.7 Å². The second-order valence-corrected chi connectivity index (χ2v) is 6.44. The maximum absolute atomic E-state index is 11.7. The molecule has 5 heteroatoms. The van der Waals surface area contributed by atoms with Crippen LogP contribution in [-0.4, -0.2) is 17.4 Å². The van der Waals surface area contributed by atoms with Gasteiger partial charge in [-0.25, -0.2) is 4.79 Å². The summed E-state index contributed by atoms with van der Waals surface area (Å²) in [4.78, 5) is 12.7. The lowest BCUT2D eigenvalue weighted by atomic mass is 10.2. The van der Waals surface area contributed by atoms with Crippen LogP contribution in [0.15, 0.2) is 23.1 Å². The van der Waals surface area contributed by atoms with Gasteiger partial charge in [0.05, 0.1) is 5.69 Å². The number of carbonyl (C=O) groups is 1. The summed E-state index contributed by atoms with van der Waals surface area (Å²) < 4.78 is 5.21. The lowest BCUT2D eigenvalue weighted by Gasteiger charge is -2.20. The minimum absolute atomic E-state index is 0.470. The lowest BCUT2D eigenvalue weighted by molar-refractivity contribution is 0.0635. The second kappa shape index (κ2) is 6.34. The van der Waals surface area contributed by atoms with Crippen molar-refractivity contribution in [3.05, 3.63) is 23.2 Å². The Balaban J connectivity index is 2.82. The normalized spacial score (nSPS) is 11.2. The molecule has 1 aromatic carbocycles. The summed E-state index contributed by atoms with van der Waals surface area (Å²) >= 11 is 7.57. The average molecular weight is 288 g/mol. The van der Waals surface area contributed by atoms with E-state index in [1.54, 1.807) is 23.9 Å². The first kappa shape index (κ1) is 15.2. The second-order valence-electron chi connectivity index (χ2n) is 4.70. The summed E-state index contributed by atoms with van der Waals surface area (Å²) in [5, 5.41) is 3.31. The van der Waals surface area contributed by atoms with Gasteiger partial charge in [-0.1, -0.05) is 18.5 Å². The van der Waals surface area contributed by atoms with Gasteiger partial charge in [0.1, 0.15) is 5.60 Å². The first-order valence-electron chi connectivity index (χ1n) is 5.74. The van der Waals surface area contributed by atoms with Gasteiger partial charge >= 0.3 is 6.09 Å². The van der Waals surface area contributed by atoms with Crippen molar-refractivity contribution < 1.29 is 9.53 Å². The van der Waals surface area contributed by atoms with Crippen LogP contribution in [0.5, 0.6) is 0 Å². The van der Waals surface area contributed by atoms with Crippen LogP contribution < -0.4 is 5.32 Å². The summed E-state index contributed by atoms with van der Waals surface area (Å²) in [7, 11) is 0. The van der Waals surface area contributed by atoms with E-state index in [0.717, 1.165) is 10.6 Å². The van der Waals surface area contributed by atoms with Gasteiger partial charge in [-0.2, -0.15) is 0 Å². The van der Waals surface area contributed by atoms with E-state index in [-0.39, 0.29) is 0 Å². The molecular formula is C13H18ClNO2S. The van der Waals surface area contributed by atoms with Crippen molar-refractivity contribution in [1.29, 1.82) is 0 Å². The van der Waals surface area contributed by atoms with E-state index in [4.69, 9.17) is 16.3 Å². The van der Waals surface area contributed by atoms with Gasteiger partial charge in [0.15, 0.2) is 0 Å². The Labute approximate surface area is 117 Å². The van der Waals surface area contributed by atoms with Gasteiger partial charge in [-0.3, -0.25) is 5.32 Å².